The molecule has 0 aromatic rings. The average Bonchev–Trinajstić information content (AvgIpc) is 2.84. The van der Waals surface area contributed by atoms with E-state index in [0.29, 0.717) is 0 Å². The van der Waals surface area contributed by atoms with Gasteiger partial charge in [-0.2, -0.15) is 0 Å². The van der Waals surface area contributed by atoms with E-state index in [9.17, 15) is 24.0 Å². The van der Waals surface area contributed by atoms with Crippen LogP contribution in [0.3, 0.4) is 0 Å². The van der Waals surface area contributed by atoms with Gasteiger partial charge < -0.3 is 52.1 Å². The van der Waals surface area contributed by atoms with Crippen LogP contribution in [0, 0.1) is 0 Å². The van der Waals surface area contributed by atoms with Crippen molar-refractivity contribution in [3.63, 3.8) is 0 Å². The number of rotatable bonds is 11. The number of hydrogen-bond acceptors (Lipinski definition) is 16. The van der Waals surface area contributed by atoms with Crippen LogP contribution in [0.15, 0.2) is 0 Å². The molecule has 0 amide bonds. The van der Waals surface area contributed by atoms with E-state index in [-0.39, 0.29) is 33.0 Å². The molecule has 0 saturated heterocycles. The summed E-state index contributed by atoms with van der Waals surface area (Å²) in [5.41, 5.74) is 0. The standard InChI is InChI=1S/C22H34O16/c1-7-29-18(23)34-13-12(28-6)14(35-19(24)30-8-2)16(37-21(26)32-10-4)17(38-22(27)33-11-5)15(13)36-20(25)31-9-3/h12-17H,7-11H2,1-6H3. The molecule has 218 valence electrons. The van der Waals surface area contributed by atoms with Crippen LogP contribution in [-0.4, -0.2) is 108 Å². The molecule has 16 nitrogen and oxygen atoms in total. The number of ether oxygens (including phenoxy) is 11. The predicted molar refractivity (Wildman–Crippen MR) is 120 cm³/mol. The van der Waals surface area contributed by atoms with Gasteiger partial charge in [-0.1, -0.05) is 0 Å². The SMILES string of the molecule is CCOC(=O)OC1C(OC)C(OC(=O)OCC)C(OC(=O)OCC)C(OC(=O)OCC)C1OC(=O)OCC. The number of methoxy groups -OCH3 is 1. The second-order valence-electron chi connectivity index (χ2n) is 7.03. The van der Waals surface area contributed by atoms with Gasteiger partial charge in [-0.05, 0) is 34.6 Å². The summed E-state index contributed by atoms with van der Waals surface area (Å²) in [6.07, 6.45) is -16.4. The van der Waals surface area contributed by atoms with Crippen molar-refractivity contribution in [3.05, 3.63) is 0 Å². The first-order valence-electron chi connectivity index (χ1n) is 11.9. The Labute approximate surface area is 218 Å². The summed E-state index contributed by atoms with van der Waals surface area (Å²) in [5.74, 6) is 0. The third kappa shape index (κ3) is 9.64. The third-order valence-electron chi connectivity index (χ3n) is 4.69. The van der Waals surface area contributed by atoms with Crippen molar-refractivity contribution in [3.8, 4) is 0 Å². The van der Waals surface area contributed by atoms with Crippen LogP contribution in [0.4, 0.5) is 24.0 Å². The van der Waals surface area contributed by atoms with E-state index >= 15 is 0 Å². The first-order chi connectivity index (χ1) is 18.2. The summed E-state index contributed by atoms with van der Waals surface area (Å²) < 4.78 is 56.0. The Balaban J connectivity index is 3.70. The van der Waals surface area contributed by atoms with Crippen LogP contribution in [0.25, 0.3) is 0 Å². The Morgan fingerprint density at radius 3 is 0.737 bits per heavy atom. The van der Waals surface area contributed by atoms with E-state index in [4.69, 9.17) is 52.1 Å². The van der Waals surface area contributed by atoms with Gasteiger partial charge in [0, 0.05) is 7.11 Å². The Morgan fingerprint density at radius 2 is 0.579 bits per heavy atom. The zero-order chi connectivity index (χ0) is 28.7. The van der Waals surface area contributed by atoms with Gasteiger partial charge in [-0.25, -0.2) is 24.0 Å². The van der Waals surface area contributed by atoms with Gasteiger partial charge in [0.2, 0.25) is 0 Å². The van der Waals surface area contributed by atoms with Gasteiger partial charge in [0.25, 0.3) is 0 Å². The molecule has 0 radical (unpaired) electrons. The fraction of sp³-hybridized carbons (Fsp3) is 0.773. The van der Waals surface area contributed by atoms with Gasteiger partial charge >= 0.3 is 30.8 Å². The summed E-state index contributed by atoms with van der Waals surface area (Å²) in [5, 5.41) is 0. The topological polar surface area (TPSA) is 187 Å². The first kappa shape index (κ1) is 32.3. The fourth-order valence-electron chi connectivity index (χ4n) is 3.38. The molecule has 1 rings (SSSR count). The Kier molecular flexibility index (Phi) is 14.4. The molecule has 4 atom stereocenters. The minimum Gasteiger partial charge on any atom is -0.435 e. The number of carbonyl (C=O) groups excluding carboxylic acids is 5. The summed E-state index contributed by atoms with van der Waals surface area (Å²) >= 11 is 0. The molecular formula is C22H34O16. The third-order valence-corrected chi connectivity index (χ3v) is 4.69. The molecule has 4 unspecified atom stereocenters. The zero-order valence-corrected chi connectivity index (χ0v) is 22.0. The maximum Gasteiger partial charge on any atom is 0.508 e. The van der Waals surface area contributed by atoms with Crippen molar-refractivity contribution < 1.29 is 76.1 Å². The van der Waals surface area contributed by atoms with Crippen molar-refractivity contribution in [2.75, 3.05) is 40.1 Å². The van der Waals surface area contributed by atoms with Gasteiger partial charge in [-0.3, -0.25) is 0 Å². The van der Waals surface area contributed by atoms with Gasteiger partial charge in [0.15, 0.2) is 30.5 Å². The van der Waals surface area contributed by atoms with Crippen LogP contribution in [0.5, 0.6) is 0 Å². The Hall–Kier alpha value is -3.69. The molecular weight excluding hydrogens is 520 g/mol. The Morgan fingerprint density at radius 1 is 0.395 bits per heavy atom. The van der Waals surface area contributed by atoms with Crippen LogP contribution >= 0.6 is 0 Å². The van der Waals surface area contributed by atoms with Crippen molar-refractivity contribution in [1.29, 1.82) is 0 Å². The maximum absolute atomic E-state index is 12.4. The minimum atomic E-state index is -1.81. The highest BCUT2D eigenvalue weighted by Crippen LogP contribution is 2.35. The zero-order valence-electron chi connectivity index (χ0n) is 22.0. The van der Waals surface area contributed by atoms with Crippen molar-refractivity contribution in [2.45, 2.75) is 71.2 Å². The summed E-state index contributed by atoms with van der Waals surface area (Å²) in [7, 11) is 1.14. The highest BCUT2D eigenvalue weighted by atomic mass is 16.8. The number of carbonyl (C=O) groups is 5. The lowest BCUT2D eigenvalue weighted by Crippen LogP contribution is -2.68. The molecule has 0 bridgehead atoms. The molecule has 1 fully saturated rings. The van der Waals surface area contributed by atoms with E-state index < -0.39 is 67.4 Å². The lowest BCUT2D eigenvalue weighted by atomic mass is 9.84. The Bertz CT molecular complexity index is 733. The van der Waals surface area contributed by atoms with Crippen LogP contribution in [0.1, 0.15) is 34.6 Å². The molecule has 16 heteroatoms. The van der Waals surface area contributed by atoms with Gasteiger partial charge in [0.1, 0.15) is 6.10 Å². The molecule has 1 aliphatic carbocycles. The molecule has 0 heterocycles. The van der Waals surface area contributed by atoms with Crippen LogP contribution < -0.4 is 0 Å². The van der Waals surface area contributed by atoms with Crippen LogP contribution in [0.2, 0.25) is 0 Å². The van der Waals surface area contributed by atoms with E-state index in [1.807, 2.05) is 0 Å². The number of hydrogen-bond donors (Lipinski definition) is 0. The monoisotopic (exact) mass is 554 g/mol. The lowest BCUT2D eigenvalue weighted by Gasteiger charge is -2.46. The highest BCUT2D eigenvalue weighted by molar-refractivity contribution is 5.64. The highest BCUT2D eigenvalue weighted by Gasteiger charge is 2.61. The fourth-order valence-corrected chi connectivity index (χ4v) is 3.38. The second kappa shape index (κ2) is 16.9. The molecule has 0 aromatic heterocycles. The second-order valence-corrected chi connectivity index (χ2v) is 7.03. The molecule has 0 aliphatic heterocycles. The quantitative estimate of drug-likeness (QED) is 0.267. The van der Waals surface area contributed by atoms with Crippen LogP contribution in [-0.2, 0) is 52.1 Å². The largest absolute Gasteiger partial charge is 0.508 e. The molecule has 38 heavy (non-hydrogen) atoms. The molecule has 0 spiro atoms. The van der Waals surface area contributed by atoms with Crippen molar-refractivity contribution in [1.82, 2.24) is 0 Å². The van der Waals surface area contributed by atoms with Gasteiger partial charge in [0.05, 0.1) is 33.0 Å². The summed E-state index contributed by atoms with van der Waals surface area (Å²) in [6.45, 7) is 6.97. The normalized spacial score (nSPS) is 24.2. The summed E-state index contributed by atoms with van der Waals surface area (Å²) in [4.78, 5) is 61.6. The average molecular weight is 554 g/mol. The van der Waals surface area contributed by atoms with E-state index in [1.54, 1.807) is 0 Å². The smallest absolute Gasteiger partial charge is 0.435 e. The lowest BCUT2D eigenvalue weighted by molar-refractivity contribution is -0.242. The van der Waals surface area contributed by atoms with Crippen molar-refractivity contribution >= 4 is 30.8 Å². The molecule has 0 N–H and O–H groups in total. The van der Waals surface area contributed by atoms with E-state index in [2.05, 4.69) is 0 Å². The maximum atomic E-state index is 12.4. The molecule has 1 aliphatic rings. The summed E-state index contributed by atoms with van der Waals surface area (Å²) in [6, 6.07) is 0. The molecule has 0 aromatic carbocycles. The van der Waals surface area contributed by atoms with Crippen molar-refractivity contribution in [2.24, 2.45) is 0 Å². The predicted octanol–water partition coefficient (Wildman–Crippen LogP) is 2.72. The van der Waals surface area contributed by atoms with E-state index in [0.717, 1.165) is 7.11 Å². The molecule has 1 saturated carbocycles. The van der Waals surface area contributed by atoms with E-state index in [1.165, 1.54) is 34.6 Å². The first-order valence-corrected chi connectivity index (χ1v) is 11.9. The van der Waals surface area contributed by atoms with Gasteiger partial charge in [-0.15, -0.1) is 0 Å². The minimum absolute atomic E-state index is 0.0906.